The Labute approximate surface area is 134 Å². The molecule has 0 aromatic heterocycles. The maximum atomic E-state index is 11.0. The van der Waals surface area contributed by atoms with Gasteiger partial charge in [0.05, 0.1) is 0 Å². The van der Waals surface area contributed by atoms with Crippen molar-refractivity contribution < 1.29 is 5.11 Å². The summed E-state index contributed by atoms with van der Waals surface area (Å²) in [5.41, 5.74) is 2.08. The van der Waals surface area contributed by atoms with Crippen molar-refractivity contribution in [2.24, 2.45) is 29.1 Å². The topological polar surface area (TPSA) is 20.2 Å². The summed E-state index contributed by atoms with van der Waals surface area (Å²) in [7, 11) is 0. The predicted octanol–water partition coefficient (Wildman–Crippen LogP) is 4.48. The highest BCUT2D eigenvalue weighted by Gasteiger charge is 2.61. The molecule has 0 aliphatic heterocycles. The van der Waals surface area contributed by atoms with Gasteiger partial charge in [0.2, 0.25) is 0 Å². The highest BCUT2D eigenvalue weighted by atomic mass is 16.3. The fourth-order valence-corrected chi connectivity index (χ4v) is 6.53. The molecule has 0 heterocycles. The van der Waals surface area contributed by atoms with E-state index in [1.807, 2.05) is 0 Å². The summed E-state index contributed by atoms with van der Waals surface area (Å²) >= 11 is 0. The molecule has 118 valence electrons. The van der Waals surface area contributed by atoms with Gasteiger partial charge in [-0.2, -0.15) is 0 Å². The van der Waals surface area contributed by atoms with Crippen molar-refractivity contribution in [1.82, 2.24) is 0 Å². The van der Waals surface area contributed by atoms with Crippen molar-refractivity contribution >= 4 is 0 Å². The highest BCUT2D eigenvalue weighted by Crippen LogP contribution is 2.64. The van der Waals surface area contributed by atoms with Crippen LogP contribution < -0.4 is 0 Å². The molecule has 4 aliphatic carbocycles. The molecule has 1 N–H and O–H groups in total. The van der Waals surface area contributed by atoms with E-state index >= 15 is 0 Å². The van der Waals surface area contributed by atoms with Crippen molar-refractivity contribution in [2.75, 3.05) is 0 Å². The molecule has 0 amide bonds. The summed E-state index contributed by atoms with van der Waals surface area (Å²) < 4.78 is 0. The number of rotatable bonds is 0. The van der Waals surface area contributed by atoms with Gasteiger partial charge in [-0.15, -0.1) is 6.42 Å². The third kappa shape index (κ3) is 1.77. The van der Waals surface area contributed by atoms with E-state index < -0.39 is 5.60 Å². The van der Waals surface area contributed by atoms with Crippen molar-refractivity contribution in [3.63, 3.8) is 0 Å². The standard InChI is InChI=1S/C21H28O/c1-4-21(22)12-10-19-18-8-6-15-13-14(2)5-7-16(15)17(18)9-11-20(19,21)3/h1,13,16-19,22H,2,5-12H2,3H3. The van der Waals surface area contributed by atoms with Crippen LogP contribution in [0, 0.1) is 41.4 Å². The molecule has 3 fully saturated rings. The molecule has 4 rings (SSSR count). The first-order valence-electron chi connectivity index (χ1n) is 9.07. The van der Waals surface area contributed by atoms with Gasteiger partial charge in [-0.3, -0.25) is 0 Å². The summed E-state index contributed by atoms with van der Waals surface area (Å²) in [6.07, 6.45) is 17.4. The Morgan fingerprint density at radius 3 is 2.77 bits per heavy atom. The first-order valence-corrected chi connectivity index (χ1v) is 9.07. The van der Waals surface area contributed by atoms with Gasteiger partial charge in [0.15, 0.2) is 0 Å². The first-order chi connectivity index (χ1) is 10.5. The summed E-state index contributed by atoms with van der Waals surface area (Å²) in [6.45, 7) is 6.44. The maximum Gasteiger partial charge on any atom is 0.130 e. The Morgan fingerprint density at radius 1 is 1.18 bits per heavy atom. The van der Waals surface area contributed by atoms with Gasteiger partial charge in [0.25, 0.3) is 0 Å². The number of hydrogen-bond acceptors (Lipinski definition) is 1. The molecule has 6 unspecified atom stereocenters. The zero-order chi connectivity index (χ0) is 15.5. The molecule has 0 aromatic carbocycles. The molecule has 1 nitrogen and oxygen atoms in total. The summed E-state index contributed by atoms with van der Waals surface area (Å²) in [5, 5.41) is 11.0. The molecular formula is C21H28O. The summed E-state index contributed by atoms with van der Waals surface area (Å²) in [4.78, 5) is 0. The van der Waals surface area contributed by atoms with E-state index in [0.717, 1.165) is 37.0 Å². The van der Waals surface area contributed by atoms with Crippen LogP contribution >= 0.6 is 0 Å². The number of terminal acetylenes is 1. The lowest BCUT2D eigenvalue weighted by Gasteiger charge is -2.54. The molecule has 0 saturated heterocycles. The minimum Gasteiger partial charge on any atom is -0.377 e. The monoisotopic (exact) mass is 296 g/mol. The first kappa shape index (κ1) is 14.6. The Morgan fingerprint density at radius 2 is 2.00 bits per heavy atom. The van der Waals surface area contributed by atoms with Crippen LogP contribution in [0.4, 0.5) is 0 Å². The van der Waals surface area contributed by atoms with Crippen LogP contribution in [0.15, 0.2) is 23.8 Å². The van der Waals surface area contributed by atoms with Crippen molar-refractivity contribution in [1.29, 1.82) is 0 Å². The molecule has 6 atom stereocenters. The summed E-state index contributed by atoms with van der Waals surface area (Å²) in [5.74, 6) is 5.78. The van der Waals surface area contributed by atoms with E-state index in [2.05, 4.69) is 25.5 Å². The molecule has 0 radical (unpaired) electrons. The van der Waals surface area contributed by atoms with Crippen LogP contribution in [-0.4, -0.2) is 10.7 Å². The van der Waals surface area contributed by atoms with E-state index in [1.54, 1.807) is 5.57 Å². The van der Waals surface area contributed by atoms with Crippen molar-refractivity contribution in [2.45, 2.75) is 63.9 Å². The largest absolute Gasteiger partial charge is 0.377 e. The molecule has 4 aliphatic rings. The van der Waals surface area contributed by atoms with E-state index in [4.69, 9.17) is 6.42 Å². The quantitative estimate of drug-likeness (QED) is 0.653. The Kier molecular flexibility index (Phi) is 3.15. The van der Waals surface area contributed by atoms with Gasteiger partial charge in [-0.05, 0) is 75.0 Å². The third-order valence-electron chi connectivity index (χ3n) is 7.81. The zero-order valence-electron chi connectivity index (χ0n) is 13.8. The molecule has 0 spiro atoms. The Hall–Kier alpha value is -1.00. The molecular weight excluding hydrogens is 268 g/mol. The van der Waals surface area contributed by atoms with Crippen molar-refractivity contribution in [3.05, 3.63) is 23.8 Å². The second kappa shape index (κ2) is 4.75. The third-order valence-corrected chi connectivity index (χ3v) is 7.81. The number of hydrogen-bond donors (Lipinski definition) is 1. The predicted molar refractivity (Wildman–Crippen MR) is 90.0 cm³/mol. The van der Waals surface area contributed by atoms with Crippen LogP contribution in [0.1, 0.15) is 58.3 Å². The molecule has 22 heavy (non-hydrogen) atoms. The number of fused-ring (bicyclic) bond motifs is 5. The fraction of sp³-hybridized carbons (Fsp3) is 0.714. The highest BCUT2D eigenvalue weighted by molar-refractivity contribution is 5.30. The lowest BCUT2D eigenvalue weighted by Crippen LogP contribution is -2.52. The SMILES string of the molecule is C#CC1(O)CCC2C3CCC4=CC(=C)CCC4C3CCC21C. The van der Waals surface area contributed by atoms with E-state index in [9.17, 15) is 5.11 Å². The van der Waals surface area contributed by atoms with Crippen LogP contribution in [0.2, 0.25) is 0 Å². The second-order valence-electron chi connectivity index (χ2n) is 8.49. The van der Waals surface area contributed by atoms with E-state index in [1.165, 1.54) is 37.7 Å². The molecule has 1 heteroatoms. The minimum absolute atomic E-state index is 0.0532. The average molecular weight is 296 g/mol. The van der Waals surface area contributed by atoms with E-state index in [0.29, 0.717) is 5.92 Å². The van der Waals surface area contributed by atoms with Crippen LogP contribution in [0.5, 0.6) is 0 Å². The molecule has 3 saturated carbocycles. The van der Waals surface area contributed by atoms with E-state index in [-0.39, 0.29) is 5.41 Å². The summed E-state index contributed by atoms with van der Waals surface area (Å²) in [6, 6.07) is 0. The zero-order valence-corrected chi connectivity index (χ0v) is 13.8. The van der Waals surface area contributed by atoms with Gasteiger partial charge in [-0.25, -0.2) is 0 Å². The van der Waals surface area contributed by atoms with Gasteiger partial charge in [0, 0.05) is 5.41 Å². The van der Waals surface area contributed by atoms with Crippen molar-refractivity contribution in [3.8, 4) is 12.3 Å². The normalized spacial score (nSPS) is 50.4. The molecule has 0 aromatic rings. The van der Waals surface area contributed by atoms with Gasteiger partial charge in [0.1, 0.15) is 5.60 Å². The smallest absolute Gasteiger partial charge is 0.130 e. The van der Waals surface area contributed by atoms with Gasteiger partial charge in [-0.1, -0.05) is 36.6 Å². The number of allylic oxidation sites excluding steroid dienone is 3. The lowest BCUT2D eigenvalue weighted by molar-refractivity contribution is -0.0854. The average Bonchev–Trinajstić information content (AvgIpc) is 2.79. The lowest BCUT2D eigenvalue weighted by atomic mass is 9.50. The Bertz CT molecular complexity index is 579. The molecule has 0 bridgehead atoms. The van der Waals surface area contributed by atoms with Crippen LogP contribution in [0.3, 0.4) is 0 Å². The van der Waals surface area contributed by atoms with Gasteiger partial charge < -0.3 is 5.11 Å². The number of aliphatic hydroxyl groups is 1. The Balaban J connectivity index is 1.65. The van der Waals surface area contributed by atoms with Crippen LogP contribution in [0.25, 0.3) is 0 Å². The maximum absolute atomic E-state index is 11.0. The van der Waals surface area contributed by atoms with Crippen LogP contribution in [-0.2, 0) is 0 Å². The minimum atomic E-state index is -0.862. The second-order valence-corrected chi connectivity index (χ2v) is 8.49. The fourth-order valence-electron chi connectivity index (χ4n) is 6.53. The van der Waals surface area contributed by atoms with Gasteiger partial charge >= 0.3 is 0 Å².